The lowest BCUT2D eigenvalue weighted by Gasteiger charge is -2.14. The maximum absolute atomic E-state index is 13.2. The maximum atomic E-state index is 13.2. The molecule has 2 rings (SSSR count). The molecule has 0 fully saturated rings. The molecule has 1 unspecified atom stereocenters. The van der Waals surface area contributed by atoms with Gasteiger partial charge >= 0.3 is 6.18 Å². The molecule has 0 amide bonds. The van der Waals surface area contributed by atoms with E-state index in [1.165, 1.54) is 17.4 Å². The molecule has 0 aliphatic heterocycles. The fourth-order valence-corrected chi connectivity index (χ4v) is 2.90. The van der Waals surface area contributed by atoms with E-state index in [-0.39, 0.29) is 5.56 Å². The molecule has 0 saturated heterocycles. The number of nitrogens with zero attached hydrogens (tertiary/aromatic N) is 1. The minimum Gasteiger partial charge on any atom is -0.320 e. The lowest BCUT2D eigenvalue weighted by atomic mass is 10.0. The van der Waals surface area contributed by atoms with Gasteiger partial charge in [-0.25, -0.2) is 9.37 Å². The molecule has 108 valence electrons. The van der Waals surface area contributed by atoms with E-state index in [1.54, 1.807) is 13.8 Å². The molecule has 2 nitrogen and oxygen atoms in total. The van der Waals surface area contributed by atoms with Crippen LogP contribution in [0.3, 0.4) is 0 Å². The van der Waals surface area contributed by atoms with E-state index >= 15 is 0 Å². The lowest BCUT2D eigenvalue weighted by molar-refractivity contribution is -0.140. The Bertz CT molecular complexity index is 634. The quantitative estimate of drug-likeness (QED) is 0.853. The van der Waals surface area contributed by atoms with Crippen LogP contribution >= 0.6 is 11.3 Å². The Morgan fingerprint density at radius 1 is 1.25 bits per heavy atom. The van der Waals surface area contributed by atoms with Gasteiger partial charge in [0, 0.05) is 4.88 Å². The smallest absolute Gasteiger partial charge is 0.320 e. The number of thiazole rings is 1. The van der Waals surface area contributed by atoms with E-state index in [2.05, 4.69) is 4.98 Å². The number of aromatic nitrogens is 1. The number of rotatable bonds is 2. The summed E-state index contributed by atoms with van der Waals surface area (Å²) in [7, 11) is 0. The molecular weight excluding hydrogens is 292 g/mol. The zero-order chi connectivity index (χ0) is 15.1. The van der Waals surface area contributed by atoms with Crippen LogP contribution in [0.2, 0.25) is 0 Å². The van der Waals surface area contributed by atoms with Crippen LogP contribution in [0.4, 0.5) is 17.6 Å². The van der Waals surface area contributed by atoms with Gasteiger partial charge in [-0.05, 0) is 31.5 Å². The highest BCUT2D eigenvalue weighted by Gasteiger charge is 2.34. The number of benzene rings is 1. The number of halogens is 4. The Morgan fingerprint density at radius 2 is 1.90 bits per heavy atom. The second-order valence-corrected chi connectivity index (χ2v) is 5.63. The van der Waals surface area contributed by atoms with E-state index in [4.69, 9.17) is 5.73 Å². The summed E-state index contributed by atoms with van der Waals surface area (Å²) in [5.41, 5.74) is 5.56. The van der Waals surface area contributed by atoms with Crippen LogP contribution < -0.4 is 5.73 Å². The van der Waals surface area contributed by atoms with Crippen molar-refractivity contribution in [3.8, 4) is 0 Å². The van der Waals surface area contributed by atoms with Crippen LogP contribution in [0.5, 0.6) is 0 Å². The third-order valence-corrected chi connectivity index (χ3v) is 4.03. The fourth-order valence-electron chi connectivity index (χ4n) is 1.94. The second kappa shape index (κ2) is 5.14. The van der Waals surface area contributed by atoms with Gasteiger partial charge in [-0.2, -0.15) is 13.2 Å². The second-order valence-electron chi connectivity index (χ2n) is 4.40. The van der Waals surface area contributed by atoms with Gasteiger partial charge in [0.1, 0.15) is 5.82 Å². The topological polar surface area (TPSA) is 38.9 Å². The molecule has 0 radical (unpaired) electrons. The molecule has 0 bridgehead atoms. The van der Waals surface area contributed by atoms with Crippen LogP contribution in [0.25, 0.3) is 0 Å². The molecule has 0 spiro atoms. The first-order valence-corrected chi connectivity index (χ1v) is 6.58. The van der Waals surface area contributed by atoms with Gasteiger partial charge < -0.3 is 5.73 Å². The van der Waals surface area contributed by atoms with Crippen molar-refractivity contribution in [2.24, 2.45) is 5.73 Å². The highest BCUT2D eigenvalue weighted by Crippen LogP contribution is 2.35. The van der Waals surface area contributed by atoms with Gasteiger partial charge in [-0.1, -0.05) is 6.07 Å². The molecule has 1 aromatic heterocycles. The number of hydrogen-bond donors (Lipinski definition) is 1. The molecule has 2 N–H and O–H groups in total. The summed E-state index contributed by atoms with van der Waals surface area (Å²) >= 11 is 1.32. The van der Waals surface area contributed by atoms with Crippen molar-refractivity contribution in [3.05, 3.63) is 50.7 Å². The minimum atomic E-state index is -4.74. The van der Waals surface area contributed by atoms with Gasteiger partial charge in [0.15, 0.2) is 0 Å². The first-order chi connectivity index (χ1) is 9.20. The Morgan fingerprint density at radius 3 is 2.40 bits per heavy atom. The Labute approximate surface area is 117 Å². The third-order valence-electron chi connectivity index (χ3n) is 2.88. The zero-order valence-electron chi connectivity index (χ0n) is 10.8. The summed E-state index contributed by atoms with van der Waals surface area (Å²) in [4.78, 5) is 4.87. The van der Waals surface area contributed by atoms with Crippen molar-refractivity contribution >= 4 is 11.3 Å². The number of alkyl halides is 3. The van der Waals surface area contributed by atoms with Crippen molar-refractivity contribution in [3.63, 3.8) is 0 Å². The van der Waals surface area contributed by atoms with Gasteiger partial charge in [-0.15, -0.1) is 11.3 Å². The molecule has 7 heteroatoms. The van der Waals surface area contributed by atoms with Gasteiger partial charge in [-0.3, -0.25) is 0 Å². The minimum absolute atomic E-state index is 0.213. The van der Waals surface area contributed by atoms with Crippen LogP contribution in [0.15, 0.2) is 18.2 Å². The van der Waals surface area contributed by atoms with Crippen LogP contribution in [-0.4, -0.2) is 4.98 Å². The molecular formula is C13H12F4N2S. The van der Waals surface area contributed by atoms with E-state index in [0.717, 1.165) is 17.1 Å². The Balaban J connectivity index is 2.46. The van der Waals surface area contributed by atoms with Crippen LogP contribution in [-0.2, 0) is 6.18 Å². The summed E-state index contributed by atoms with van der Waals surface area (Å²) in [6.07, 6.45) is -4.74. The van der Waals surface area contributed by atoms with Gasteiger partial charge in [0.05, 0.1) is 22.3 Å². The molecule has 1 atom stereocenters. The van der Waals surface area contributed by atoms with Crippen molar-refractivity contribution in [1.29, 1.82) is 0 Å². The average Bonchev–Trinajstić information content (AvgIpc) is 2.66. The fraction of sp³-hybridized carbons (Fsp3) is 0.308. The number of aryl methyl sites for hydroxylation is 2. The molecule has 1 heterocycles. The molecule has 0 aliphatic carbocycles. The van der Waals surface area contributed by atoms with Crippen molar-refractivity contribution in [2.45, 2.75) is 26.1 Å². The first kappa shape index (κ1) is 14.9. The summed E-state index contributed by atoms with van der Waals surface area (Å²) in [6, 6.07) is 2.07. The Kier molecular flexibility index (Phi) is 3.84. The van der Waals surface area contributed by atoms with Crippen LogP contribution in [0, 0.1) is 19.7 Å². The zero-order valence-corrected chi connectivity index (χ0v) is 11.6. The first-order valence-electron chi connectivity index (χ1n) is 5.76. The Hall–Kier alpha value is -1.47. The molecule has 0 aliphatic rings. The number of nitrogens with two attached hydrogens (primary N) is 1. The normalized spacial score (nSPS) is 13.6. The summed E-state index contributed by atoms with van der Waals surface area (Å²) in [5, 5.41) is 0.783. The largest absolute Gasteiger partial charge is 0.419 e. The van der Waals surface area contributed by atoms with E-state index in [9.17, 15) is 17.6 Å². The van der Waals surface area contributed by atoms with Gasteiger partial charge in [0.2, 0.25) is 0 Å². The highest BCUT2D eigenvalue weighted by atomic mass is 32.1. The van der Waals surface area contributed by atoms with Crippen molar-refractivity contribution in [2.75, 3.05) is 0 Å². The SMILES string of the molecule is Cc1nc(C)c(C(N)c2ccc(F)c(C(F)(F)F)c2)s1. The molecule has 20 heavy (non-hydrogen) atoms. The standard InChI is InChI=1S/C13H12F4N2S/c1-6-12(20-7(2)19-6)11(18)8-3-4-10(14)9(5-8)13(15,16)17/h3-5,11H,18H2,1-2H3. The van der Waals surface area contributed by atoms with Gasteiger partial charge in [0.25, 0.3) is 0 Å². The molecule has 2 aromatic rings. The monoisotopic (exact) mass is 304 g/mol. The van der Waals surface area contributed by atoms with E-state index in [0.29, 0.717) is 10.6 Å². The predicted octanol–water partition coefficient (Wildman–Crippen LogP) is 3.97. The molecule has 1 aromatic carbocycles. The van der Waals surface area contributed by atoms with Crippen molar-refractivity contribution in [1.82, 2.24) is 4.98 Å². The van der Waals surface area contributed by atoms with E-state index in [1.807, 2.05) is 0 Å². The third kappa shape index (κ3) is 2.83. The highest BCUT2D eigenvalue weighted by molar-refractivity contribution is 7.11. The maximum Gasteiger partial charge on any atom is 0.419 e. The summed E-state index contributed by atoms with van der Waals surface area (Å²) in [6.45, 7) is 3.53. The number of hydrogen-bond acceptors (Lipinski definition) is 3. The van der Waals surface area contributed by atoms with Crippen LogP contribution in [0.1, 0.15) is 32.7 Å². The summed E-state index contributed by atoms with van der Waals surface area (Å²) < 4.78 is 51.3. The predicted molar refractivity (Wildman–Crippen MR) is 69.0 cm³/mol. The molecule has 0 saturated carbocycles. The average molecular weight is 304 g/mol. The lowest BCUT2D eigenvalue weighted by Crippen LogP contribution is -2.15. The van der Waals surface area contributed by atoms with Crippen molar-refractivity contribution < 1.29 is 17.6 Å². The summed E-state index contributed by atoms with van der Waals surface area (Å²) in [5.74, 6) is -1.30. The van der Waals surface area contributed by atoms with E-state index < -0.39 is 23.6 Å².